The average molecular weight is 476 g/mol. The minimum absolute atomic E-state index is 0. The maximum absolute atomic E-state index is 5.99. The molecule has 1 unspecified atom stereocenters. The molecular weight excluding hydrogens is 443 g/mol. The van der Waals surface area contributed by atoms with Gasteiger partial charge in [-0.15, -0.1) is 24.0 Å². The highest BCUT2D eigenvalue weighted by Crippen LogP contribution is 2.27. The number of rotatable bonds is 9. The van der Waals surface area contributed by atoms with E-state index in [-0.39, 0.29) is 24.0 Å². The highest BCUT2D eigenvalue weighted by molar-refractivity contribution is 14.0. The number of likely N-dealkylation sites (N-methyl/N-ethyl adjacent to an activating group) is 1. The van der Waals surface area contributed by atoms with Crippen LogP contribution in [-0.4, -0.2) is 57.3 Å². The highest BCUT2D eigenvalue weighted by atomic mass is 127. The number of methoxy groups -OCH3 is 2. The molecule has 0 aliphatic carbocycles. The molecule has 26 heavy (non-hydrogen) atoms. The first-order valence-corrected chi connectivity index (χ1v) is 9.16. The standard InChI is InChI=1S/C19H32N4O2.HI/c1-4-23-12-6-8-16(23)14-22-19(20)21-11-5-7-15-9-10-17(24-2)18(13-15)25-3;/h9-10,13,16H,4-8,11-12,14H2,1-3H3,(H3,20,21,22);1H. The average Bonchev–Trinajstić information content (AvgIpc) is 3.10. The van der Waals surface area contributed by atoms with E-state index in [0.717, 1.165) is 44.0 Å². The molecule has 1 aliphatic heterocycles. The van der Waals surface area contributed by atoms with Crippen molar-refractivity contribution in [2.24, 2.45) is 10.7 Å². The molecule has 0 spiro atoms. The quantitative estimate of drug-likeness (QED) is 0.248. The predicted molar refractivity (Wildman–Crippen MR) is 118 cm³/mol. The van der Waals surface area contributed by atoms with Crippen molar-refractivity contribution >= 4 is 29.9 Å². The summed E-state index contributed by atoms with van der Waals surface area (Å²) in [6.45, 7) is 6.10. The number of nitrogens with zero attached hydrogens (tertiary/aromatic N) is 2. The summed E-state index contributed by atoms with van der Waals surface area (Å²) in [5.74, 6) is 2.08. The zero-order valence-corrected chi connectivity index (χ0v) is 18.5. The number of likely N-dealkylation sites (tertiary alicyclic amines) is 1. The van der Waals surface area contributed by atoms with Crippen molar-refractivity contribution in [2.45, 2.75) is 38.6 Å². The van der Waals surface area contributed by atoms with Crippen LogP contribution in [0.5, 0.6) is 11.5 Å². The molecule has 0 amide bonds. The Labute approximate surface area is 174 Å². The SMILES string of the molecule is CCN1CCCC1CN=C(N)NCCCc1ccc(OC)c(OC)c1.I. The van der Waals surface area contributed by atoms with Gasteiger partial charge in [0.05, 0.1) is 20.8 Å². The zero-order chi connectivity index (χ0) is 18.1. The molecule has 1 aromatic carbocycles. The number of hydrogen-bond donors (Lipinski definition) is 2. The Bertz CT molecular complexity index is 568. The van der Waals surface area contributed by atoms with Gasteiger partial charge in [0.2, 0.25) is 0 Å². The summed E-state index contributed by atoms with van der Waals surface area (Å²) in [7, 11) is 3.30. The van der Waals surface area contributed by atoms with Gasteiger partial charge >= 0.3 is 0 Å². The van der Waals surface area contributed by atoms with Crippen LogP contribution in [0.15, 0.2) is 23.2 Å². The first kappa shape index (κ1) is 22.8. The predicted octanol–water partition coefficient (Wildman–Crippen LogP) is 2.64. The summed E-state index contributed by atoms with van der Waals surface area (Å²) < 4.78 is 10.6. The van der Waals surface area contributed by atoms with Crippen LogP contribution >= 0.6 is 24.0 Å². The number of guanidine groups is 1. The molecule has 2 rings (SSSR count). The fraction of sp³-hybridized carbons (Fsp3) is 0.632. The van der Waals surface area contributed by atoms with Crippen LogP contribution in [0.4, 0.5) is 0 Å². The lowest BCUT2D eigenvalue weighted by molar-refractivity contribution is 0.273. The van der Waals surface area contributed by atoms with Crippen LogP contribution < -0.4 is 20.5 Å². The summed E-state index contributed by atoms with van der Waals surface area (Å²) in [5, 5.41) is 3.21. The van der Waals surface area contributed by atoms with Crippen molar-refractivity contribution in [1.29, 1.82) is 0 Å². The molecule has 1 aliphatic rings. The molecule has 0 saturated carbocycles. The summed E-state index contributed by atoms with van der Waals surface area (Å²) in [6.07, 6.45) is 4.43. The second-order valence-corrected chi connectivity index (χ2v) is 6.37. The van der Waals surface area contributed by atoms with Gasteiger partial charge in [0.15, 0.2) is 17.5 Å². The number of aliphatic imine (C=N–C) groups is 1. The van der Waals surface area contributed by atoms with Crippen LogP contribution in [0.3, 0.4) is 0 Å². The van der Waals surface area contributed by atoms with Gasteiger partial charge in [-0.2, -0.15) is 0 Å². The monoisotopic (exact) mass is 476 g/mol. The smallest absolute Gasteiger partial charge is 0.188 e. The molecule has 1 heterocycles. The number of ether oxygens (including phenoxy) is 2. The molecular formula is C19H33IN4O2. The van der Waals surface area contributed by atoms with Crippen LogP contribution in [0.2, 0.25) is 0 Å². The maximum Gasteiger partial charge on any atom is 0.188 e. The van der Waals surface area contributed by atoms with E-state index < -0.39 is 0 Å². The van der Waals surface area contributed by atoms with E-state index >= 15 is 0 Å². The van der Waals surface area contributed by atoms with E-state index in [1.54, 1.807) is 14.2 Å². The molecule has 1 saturated heterocycles. The Morgan fingerprint density at radius 1 is 1.31 bits per heavy atom. The Hall–Kier alpha value is -1.22. The van der Waals surface area contributed by atoms with Crippen molar-refractivity contribution in [1.82, 2.24) is 10.2 Å². The van der Waals surface area contributed by atoms with Gasteiger partial charge in [-0.05, 0) is 56.5 Å². The Morgan fingerprint density at radius 2 is 2.08 bits per heavy atom. The second-order valence-electron chi connectivity index (χ2n) is 6.37. The third-order valence-corrected chi connectivity index (χ3v) is 4.77. The molecule has 6 nitrogen and oxygen atoms in total. The summed E-state index contributed by atoms with van der Waals surface area (Å²) in [5.41, 5.74) is 7.21. The van der Waals surface area contributed by atoms with E-state index in [0.29, 0.717) is 12.0 Å². The van der Waals surface area contributed by atoms with E-state index in [4.69, 9.17) is 15.2 Å². The van der Waals surface area contributed by atoms with Crippen LogP contribution in [-0.2, 0) is 6.42 Å². The Morgan fingerprint density at radius 3 is 2.77 bits per heavy atom. The molecule has 148 valence electrons. The number of aryl methyl sites for hydroxylation is 1. The molecule has 0 bridgehead atoms. The normalized spacial score (nSPS) is 17.7. The van der Waals surface area contributed by atoms with Gasteiger partial charge in [0, 0.05) is 12.6 Å². The third kappa shape index (κ3) is 6.83. The van der Waals surface area contributed by atoms with Crippen molar-refractivity contribution in [3.8, 4) is 11.5 Å². The second kappa shape index (κ2) is 12.2. The zero-order valence-electron chi connectivity index (χ0n) is 16.2. The Balaban J connectivity index is 0.00000338. The lowest BCUT2D eigenvalue weighted by Gasteiger charge is -2.20. The molecule has 0 radical (unpaired) electrons. The fourth-order valence-electron chi connectivity index (χ4n) is 3.32. The third-order valence-electron chi connectivity index (χ3n) is 4.77. The number of nitrogens with two attached hydrogens (primary N) is 1. The molecule has 1 fully saturated rings. The van der Waals surface area contributed by atoms with E-state index in [1.807, 2.05) is 12.1 Å². The first-order valence-electron chi connectivity index (χ1n) is 9.16. The summed E-state index contributed by atoms with van der Waals surface area (Å²) in [4.78, 5) is 6.98. The minimum atomic E-state index is 0. The number of benzene rings is 1. The van der Waals surface area contributed by atoms with Gasteiger partial charge in [0.25, 0.3) is 0 Å². The van der Waals surface area contributed by atoms with Crippen molar-refractivity contribution in [2.75, 3.05) is 40.4 Å². The first-order chi connectivity index (χ1) is 12.2. The van der Waals surface area contributed by atoms with E-state index in [2.05, 4.69) is 28.2 Å². The van der Waals surface area contributed by atoms with Gasteiger partial charge < -0.3 is 20.5 Å². The van der Waals surface area contributed by atoms with Crippen molar-refractivity contribution in [3.05, 3.63) is 23.8 Å². The minimum Gasteiger partial charge on any atom is -0.493 e. The van der Waals surface area contributed by atoms with Gasteiger partial charge in [-0.1, -0.05) is 13.0 Å². The molecule has 1 aromatic rings. The van der Waals surface area contributed by atoms with Gasteiger partial charge in [-0.25, -0.2) is 0 Å². The highest BCUT2D eigenvalue weighted by Gasteiger charge is 2.22. The fourth-order valence-corrected chi connectivity index (χ4v) is 3.32. The van der Waals surface area contributed by atoms with Gasteiger partial charge in [0.1, 0.15) is 0 Å². The molecule has 0 aromatic heterocycles. The van der Waals surface area contributed by atoms with E-state index in [1.165, 1.54) is 24.9 Å². The summed E-state index contributed by atoms with van der Waals surface area (Å²) in [6, 6.07) is 6.59. The molecule has 1 atom stereocenters. The number of nitrogens with one attached hydrogen (secondary N) is 1. The molecule has 3 N–H and O–H groups in total. The number of hydrogen-bond acceptors (Lipinski definition) is 4. The van der Waals surface area contributed by atoms with Crippen LogP contribution in [0.1, 0.15) is 31.7 Å². The van der Waals surface area contributed by atoms with Crippen LogP contribution in [0.25, 0.3) is 0 Å². The Kier molecular flexibility index (Phi) is 10.7. The summed E-state index contributed by atoms with van der Waals surface area (Å²) >= 11 is 0. The largest absolute Gasteiger partial charge is 0.493 e. The number of halogens is 1. The van der Waals surface area contributed by atoms with Gasteiger partial charge in [-0.3, -0.25) is 9.89 Å². The van der Waals surface area contributed by atoms with Crippen molar-refractivity contribution in [3.63, 3.8) is 0 Å². The van der Waals surface area contributed by atoms with E-state index in [9.17, 15) is 0 Å². The lowest BCUT2D eigenvalue weighted by atomic mass is 10.1. The lowest BCUT2D eigenvalue weighted by Crippen LogP contribution is -2.36. The van der Waals surface area contributed by atoms with Crippen LogP contribution in [0, 0.1) is 0 Å². The molecule has 7 heteroatoms. The van der Waals surface area contributed by atoms with Crippen molar-refractivity contribution < 1.29 is 9.47 Å². The maximum atomic E-state index is 5.99. The topological polar surface area (TPSA) is 72.1 Å².